The van der Waals surface area contributed by atoms with Gasteiger partial charge in [-0.15, -0.1) is 0 Å². The Kier molecular flexibility index (Phi) is 4.62. The fourth-order valence-electron chi connectivity index (χ4n) is 1.58. The van der Waals surface area contributed by atoms with E-state index < -0.39 is 23.8 Å². The van der Waals surface area contributed by atoms with Crippen LogP contribution in [0.1, 0.15) is 34.7 Å². The number of hydrogen-bond donors (Lipinski definition) is 3. The molecule has 4 N–H and O–H groups in total. The molecule has 0 bridgehead atoms. The quantitative estimate of drug-likeness (QED) is 0.651. The second-order valence-corrected chi connectivity index (χ2v) is 4.07. The number of carboxylic acids is 1. The van der Waals surface area contributed by atoms with Crippen molar-refractivity contribution in [1.29, 1.82) is 0 Å². The molecule has 1 heterocycles. The van der Waals surface area contributed by atoms with E-state index in [2.05, 4.69) is 10.5 Å². The molecule has 0 aromatic carbocycles. The summed E-state index contributed by atoms with van der Waals surface area (Å²) in [6.45, 7) is 3.12. The Morgan fingerprint density at radius 1 is 1.42 bits per heavy atom. The Hall–Kier alpha value is -2.38. The van der Waals surface area contributed by atoms with E-state index in [4.69, 9.17) is 15.4 Å². The summed E-state index contributed by atoms with van der Waals surface area (Å²) in [6, 6.07) is -1.19. The molecule has 19 heavy (non-hydrogen) atoms. The van der Waals surface area contributed by atoms with E-state index in [1.165, 1.54) is 0 Å². The van der Waals surface area contributed by atoms with E-state index in [9.17, 15) is 14.4 Å². The fraction of sp³-hybridized carbons (Fsp3) is 0.455. The maximum atomic E-state index is 11.9. The first kappa shape index (κ1) is 14.7. The number of aromatic nitrogens is 1. The van der Waals surface area contributed by atoms with E-state index >= 15 is 0 Å². The van der Waals surface area contributed by atoms with Gasteiger partial charge in [-0.3, -0.25) is 9.59 Å². The normalized spacial score (nSPS) is 11.9. The third-order valence-corrected chi connectivity index (χ3v) is 2.54. The Labute approximate surface area is 108 Å². The van der Waals surface area contributed by atoms with Gasteiger partial charge in [0.05, 0.1) is 5.69 Å². The number of aliphatic carboxylic acids is 1. The molecular weight excluding hydrogens is 254 g/mol. The first-order chi connectivity index (χ1) is 8.82. The van der Waals surface area contributed by atoms with Crippen molar-refractivity contribution in [3.63, 3.8) is 0 Å². The largest absolute Gasteiger partial charge is 0.480 e. The van der Waals surface area contributed by atoms with Crippen molar-refractivity contribution < 1.29 is 24.0 Å². The molecule has 0 fully saturated rings. The van der Waals surface area contributed by atoms with E-state index in [-0.39, 0.29) is 18.4 Å². The third-order valence-electron chi connectivity index (χ3n) is 2.54. The predicted molar refractivity (Wildman–Crippen MR) is 63.3 cm³/mol. The van der Waals surface area contributed by atoms with Crippen molar-refractivity contribution in [1.82, 2.24) is 10.5 Å². The maximum absolute atomic E-state index is 11.9. The molecule has 0 spiro atoms. The molecule has 0 aliphatic rings. The molecule has 1 aromatic rings. The Balaban J connectivity index is 2.77. The lowest BCUT2D eigenvalue weighted by Crippen LogP contribution is -2.41. The van der Waals surface area contributed by atoms with Crippen molar-refractivity contribution in [2.45, 2.75) is 32.7 Å². The monoisotopic (exact) mass is 269 g/mol. The molecule has 0 radical (unpaired) electrons. The highest BCUT2D eigenvalue weighted by molar-refractivity contribution is 5.98. The lowest BCUT2D eigenvalue weighted by Gasteiger charge is -2.13. The molecule has 0 aliphatic heterocycles. The van der Waals surface area contributed by atoms with Crippen LogP contribution in [0.15, 0.2) is 4.52 Å². The molecule has 0 saturated heterocycles. The van der Waals surface area contributed by atoms with Gasteiger partial charge in [-0.1, -0.05) is 5.16 Å². The van der Waals surface area contributed by atoms with Gasteiger partial charge in [-0.2, -0.15) is 0 Å². The molecule has 1 rings (SSSR count). The van der Waals surface area contributed by atoms with Crippen LogP contribution in [0.2, 0.25) is 0 Å². The number of hydrogen-bond acceptors (Lipinski definition) is 5. The average Bonchev–Trinajstić information content (AvgIpc) is 2.63. The minimum absolute atomic E-state index is 0.0697. The van der Waals surface area contributed by atoms with Crippen LogP contribution in [-0.4, -0.2) is 34.1 Å². The third kappa shape index (κ3) is 3.80. The number of aryl methyl sites for hydroxylation is 2. The standard InChI is InChI=1S/C11H15N3O5/c1-5-9(6(2)19-14-5)10(16)13-7(11(17)18)3-4-8(12)15/h7H,3-4H2,1-2H3,(H2,12,15)(H,13,16)(H,17,18)/t7-/m1/s1. The summed E-state index contributed by atoms with van der Waals surface area (Å²) in [5.41, 5.74) is 5.51. The second kappa shape index (κ2) is 5.98. The number of carbonyl (C=O) groups is 3. The Morgan fingerprint density at radius 2 is 2.05 bits per heavy atom. The second-order valence-electron chi connectivity index (χ2n) is 4.07. The number of nitrogens with two attached hydrogens (primary N) is 1. The summed E-state index contributed by atoms with van der Waals surface area (Å²) in [4.78, 5) is 33.5. The summed E-state index contributed by atoms with van der Waals surface area (Å²) in [7, 11) is 0. The zero-order valence-electron chi connectivity index (χ0n) is 10.6. The molecule has 0 unspecified atom stereocenters. The van der Waals surface area contributed by atoms with Crippen molar-refractivity contribution in [2.24, 2.45) is 5.73 Å². The lowest BCUT2D eigenvalue weighted by atomic mass is 10.1. The van der Waals surface area contributed by atoms with Crippen LogP contribution >= 0.6 is 0 Å². The first-order valence-corrected chi connectivity index (χ1v) is 5.57. The van der Waals surface area contributed by atoms with Gasteiger partial charge >= 0.3 is 5.97 Å². The van der Waals surface area contributed by atoms with Gasteiger partial charge < -0.3 is 20.7 Å². The molecule has 8 heteroatoms. The molecule has 104 valence electrons. The zero-order valence-corrected chi connectivity index (χ0v) is 10.6. The van der Waals surface area contributed by atoms with Crippen molar-refractivity contribution in [2.75, 3.05) is 0 Å². The number of nitrogens with one attached hydrogen (secondary N) is 1. The van der Waals surface area contributed by atoms with E-state index in [1.807, 2.05) is 0 Å². The number of carboxylic acid groups (broad SMARTS) is 1. The molecular formula is C11H15N3O5. The van der Waals surface area contributed by atoms with Gasteiger partial charge in [-0.05, 0) is 20.3 Å². The summed E-state index contributed by atoms with van der Waals surface area (Å²) in [6.07, 6.45) is -0.196. The summed E-state index contributed by atoms with van der Waals surface area (Å²) in [5.74, 6) is -2.17. The van der Waals surface area contributed by atoms with Gasteiger partial charge in [0.1, 0.15) is 17.4 Å². The van der Waals surface area contributed by atoms with Gasteiger partial charge in [0.25, 0.3) is 5.91 Å². The van der Waals surface area contributed by atoms with Crippen LogP contribution in [0.25, 0.3) is 0 Å². The van der Waals surface area contributed by atoms with Crippen molar-refractivity contribution in [3.8, 4) is 0 Å². The molecule has 2 amide bonds. The molecule has 8 nitrogen and oxygen atoms in total. The molecule has 0 saturated carbocycles. The maximum Gasteiger partial charge on any atom is 0.326 e. The van der Waals surface area contributed by atoms with E-state index in [0.717, 1.165) is 0 Å². The number of amides is 2. The van der Waals surface area contributed by atoms with E-state index in [0.29, 0.717) is 11.5 Å². The van der Waals surface area contributed by atoms with Crippen molar-refractivity contribution in [3.05, 3.63) is 17.0 Å². The van der Waals surface area contributed by atoms with Crippen LogP contribution in [0.3, 0.4) is 0 Å². The number of rotatable bonds is 6. The lowest BCUT2D eigenvalue weighted by molar-refractivity contribution is -0.139. The summed E-state index contributed by atoms with van der Waals surface area (Å²) in [5, 5.41) is 14.9. The first-order valence-electron chi connectivity index (χ1n) is 5.57. The molecule has 0 aliphatic carbocycles. The van der Waals surface area contributed by atoms with E-state index in [1.54, 1.807) is 13.8 Å². The molecule has 1 aromatic heterocycles. The minimum Gasteiger partial charge on any atom is -0.480 e. The van der Waals surface area contributed by atoms with Crippen LogP contribution < -0.4 is 11.1 Å². The van der Waals surface area contributed by atoms with Gasteiger partial charge in [-0.25, -0.2) is 4.79 Å². The topological polar surface area (TPSA) is 136 Å². The highest BCUT2D eigenvalue weighted by Crippen LogP contribution is 2.12. The Morgan fingerprint density at radius 3 is 2.47 bits per heavy atom. The van der Waals surface area contributed by atoms with Gasteiger partial charge in [0.2, 0.25) is 5.91 Å². The van der Waals surface area contributed by atoms with Gasteiger partial charge in [0, 0.05) is 6.42 Å². The van der Waals surface area contributed by atoms with Crippen LogP contribution in [0.4, 0.5) is 0 Å². The Bertz CT molecular complexity index is 489. The predicted octanol–water partition coefficient (Wildman–Crippen LogP) is -0.260. The van der Waals surface area contributed by atoms with Crippen LogP contribution in [-0.2, 0) is 9.59 Å². The fourth-order valence-corrected chi connectivity index (χ4v) is 1.58. The van der Waals surface area contributed by atoms with Crippen LogP contribution in [0.5, 0.6) is 0 Å². The molecule has 1 atom stereocenters. The summed E-state index contributed by atoms with van der Waals surface area (Å²) < 4.78 is 4.82. The van der Waals surface area contributed by atoms with Gasteiger partial charge in [0.15, 0.2) is 0 Å². The highest BCUT2D eigenvalue weighted by atomic mass is 16.5. The van der Waals surface area contributed by atoms with Crippen LogP contribution in [0, 0.1) is 13.8 Å². The zero-order chi connectivity index (χ0) is 14.6. The number of carbonyl (C=O) groups excluding carboxylic acids is 2. The smallest absolute Gasteiger partial charge is 0.326 e. The highest BCUT2D eigenvalue weighted by Gasteiger charge is 2.24. The minimum atomic E-state index is -1.23. The summed E-state index contributed by atoms with van der Waals surface area (Å²) >= 11 is 0. The number of primary amides is 1. The SMILES string of the molecule is Cc1noc(C)c1C(=O)N[C@H](CCC(N)=O)C(=O)O. The average molecular weight is 269 g/mol. The van der Waals surface area contributed by atoms with Crippen molar-refractivity contribution >= 4 is 17.8 Å². The number of nitrogens with zero attached hydrogens (tertiary/aromatic N) is 1.